The van der Waals surface area contributed by atoms with Crippen LogP contribution in [-0.4, -0.2) is 37.6 Å². The number of benzene rings is 2. The summed E-state index contributed by atoms with van der Waals surface area (Å²) in [5.41, 5.74) is 3.59. The Hall–Kier alpha value is -3.02. The molecule has 1 saturated heterocycles. The average molecular weight is 408 g/mol. The first-order valence-corrected chi connectivity index (χ1v) is 10.6. The Morgan fingerprint density at radius 2 is 1.97 bits per heavy atom. The maximum absolute atomic E-state index is 12.5. The van der Waals surface area contributed by atoms with Gasteiger partial charge >= 0.3 is 0 Å². The summed E-state index contributed by atoms with van der Waals surface area (Å²) in [4.78, 5) is 26.9. The minimum absolute atomic E-state index is 0.0171. The smallest absolute Gasteiger partial charge is 0.251 e. The monoisotopic (exact) mass is 407 g/mol. The van der Waals surface area contributed by atoms with Crippen LogP contribution in [0.25, 0.3) is 0 Å². The van der Waals surface area contributed by atoms with Gasteiger partial charge in [-0.15, -0.1) is 0 Å². The van der Waals surface area contributed by atoms with Crippen molar-refractivity contribution in [3.63, 3.8) is 0 Å². The highest BCUT2D eigenvalue weighted by atomic mass is 16.5. The standard InChI is InChI=1S/C24H29N3O3/c1-24(2,3)17-7-9-18(10-8-17)30-14-12-25-22(28)16-6-11-20-19(15-16)26-23(29)21-5-4-13-27(20)21/h6-11,15,21H,4-5,12-14H2,1-3H3,(H,25,28)(H,26,29)/t21-/m1/s1. The molecule has 2 heterocycles. The quantitative estimate of drug-likeness (QED) is 0.742. The summed E-state index contributed by atoms with van der Waals surface area (Å²) in [5, 5.41) is 5.82. The van der Waals surface area contributed by atoms with Crippen molar-refractivity contribution in [2.24, 2.45) is 0 Å². The first-order chi connectivity index (χ1) is 14.3. The Bertz CT molecular complexity index is 947. The van der Waals surface area contributed by atoms with E-state index >= 15 is 0 Å². The summed E-state index contributed by atoms with van der Waals surface area (Å²) in [7, 11) is 0. The van der Waals surface area contributed by atoms with Gasteiger partial charge in [-0.05, 0) is 54.2 Å². The van der Waals surface area contributed by atoms with Crippen LogP contribution in [0.5, 0.6) is 5.75 Å². The molecule has 2 aliphatic heterocycles. The van der Waals surface area contributed by atoms with Crippen LogP contribution in [0.2, 0.25) is 0 Å². The molecular formula is C24H29N3O3. The number of amides is 2. The van der Waals surface area contributed by atoms with Gasteiger partial charge in [0.1, 0.15) is 18.4 Å². The van der Waals surface area contributed by atoms with E-state index in [1.54, 1.807) is 6.07 Å². The highest BCUT2D eigenvalue weighted by molar-refractivity contribution is 6.06. The second-order valence-electron chi connectivity index (χ2n) is 8.95. The third-order valence-electron chi connectivity index (χ3n) is 5.76. The first-order valence-electron chi connectivity index (χ1n) is 10.6. The molecule has 0 unspecified atom stereocenters. The molecule has 6 nitrogen and oxygen atoms in total. The van der Waals surface area contributed by atoms with Crippen molar-refractivity contribution in [2.45, 2.75) is 45.1 Å². The van der Waals surface area contributed by atoms with E-state index in [-0.39, 0.29) is 23.3 Å². The summed E-state index contributed by atoms with van der Waals surface area (Å²) in [6.07, 6.45) is 1.89. The van der Waals surface area contributed by atoms with Crippen LogP contribution in [0.15, 0.2) is 42.5 Å². The number of hydrogen-bond acceptors (Lipinski definition) is 4. The Morgan fingerprint density at radius 1 is 1.20 bits per heavy atom. The summed E-state index contributed by atoms with van der Waals surface area (Å²) in [6, 6.07) is 13.5. The van der Waals surface area contributed by atoms with Gasteiger partial charge in [-0.25, -0.2) is 0 Å². The number of rotatable bonds is 5. The summed E-state index contributed by atoms with van der Waals surface area (Å²) in [6.45, 7) is 8.19. The second-order valence-corrected chi connectivity index (χ2v) is 8.95. The van der Waals surface area contributed by atoms with Crippen LogP contribution >= 0.6 is 0 Å². The molecule has 0 radical (unpaired) electrons. The van der Waals surface area contributed by atoms with Crippen LogP contribution < -0.4 is 20.3 Å². The van der Waals surface area contributed by atoms with Crippen molar-refractivity contribution in [3.05, 3.63) is 53.6 Å². The zero-order valence-electron chi connectivity index (χ0n) is 17.8. The fourth-order valence-corrected chi connectivity index (χ4v) is 4.06. The molecule has 2 amide bonds. The zero-order valence-corrected chi connectivity index (χ0v) is 17.8. The largest absolute Gasteiger partial charge is 0.492 e. The van der Waals surface area contributed by atoms with E-state index in [1.165, 1.54) is 5.56 Å². The summed E-state index contributed by atoms with van der Waals surface area (Å²) < 4.78 is 5.73. The molecule has 158 valence electrons. The lowest BCUT2D eigenvalue weighted by molar-refractivity contribution is -0.117. The highest BCUT2D eigenvalue weighted by Crippen LogP contribution is 2.37. The number of fused-ring (bicyclic) bond motifs is 3. The molecule has 0 bridgehead atoms. The van der Waals surface area contributed by atoms with Gasteiger partial charge in [0, 0.05) is 12.1 Å². The van der Waals surface area contributed by atoms with E-state index in [0.717, 1.165) is 30.8 Å². The third-order valence-corrected chi connectivity index (χ3v) is 5.76. The van der Waals surface area contributed by atoms with Crippen molar-refractivity contribution in [1.82, 2.24) is 5.32 Å². The molecular weight excluding hydrogens is 378 g/mol. The van der Waals surface area contributed by atoms with Gasteiger partial charge in [-0.3, -0.25) is 9.59 Å². The Balaban J connectivity index is 1.31. The molecule has 2 aromatic rings. The maximum Gasteiger partial charge on any atom is 0.251 e. The molecule has 0 spiro atoms. The van der Waals surface area contributed by atoms with Crippen LogP contribution in [0.4, 0.5) is 11.4 Å². The number of carbonyl (C=O) groups is 2. The van der Waals surface area contributed by atoms with Crippen molar-refractivity contribution >= 4 is 23.2 Å². The van der Waals surface area contributed by atoms with Gasteiger partial charge in [-0.1, -0.05) is 32.9 Å². The van der Waals surface area contributed by atoms with Crippen molar-refractivity contribution in [3.8, 4) is 5.75 Å². The van der Waals surface area contributed by atoms with Crippen LogP contribution in [0.3, 0.4) is 0 Å². The lowest BCUT2D eigenvalue weighted by Gasteiger charge is -2.33. The fourth-order valence-electron chi connectivity index (χ4n) is 4.06. The van der Waals surface area contributed by atoms with Gasteiger partial charge in [0.2, 0.25) is 5.91 Å². The van der Waals surface area contributed by atoms with E-state index in [9.17, 15) is 9.59 Å². The highest BCUT2D eigenvalue weighted by Gasteiger charge is 2.36. The second kappa shape index (κ2) is 8.01. The molecule has 1 atom stereocenters. The fraction of sp³-hybridized carbons (Fsp3) is 0.417. The van der Waals surface area contributed by atoms with Gasteiger partial charge < -0.3 is 20.3 Å². The van der Waals surface area contributed by atoms with E-state index in [4.69, 9.17) is 4.74 Å². The molecule has 2 aromatic carbocycles. The molecule has 6 heteroatoms. The minimum atomic E-state index is -0.178. The van der Waals surface area contributed by atoms with Gasteiger partial charge in [0.15, 0.2) is 0 Å². The van der Waals surface area contributed by atoms with Gasteiger partial charge in [-0.2, -0.15) is 0 Å². The van der Waals surface area contributed by atoms with E-state index in [2.05, 4.69) is 48.4 Å². The summed E-state index contributed by atoms with van der Waals surface area (Å²) in [5.74, 6) is 0.625. The van der Waals surface area contributed by atoms with Gasteiger partial charge in [0.25, 0.3) is 5.91 Å². The van der Waals surface area contributed by atoms with E-state index in [1.807, 2.05) is 24.3 Å². The molecule has 2 aliphatic rings. The molecule has 2 N–H and O–H groups in total. The lowest BCUT2D eigenvalue weighted by atomic mass is 9.87. The maximum atomic E-state index is 12.5. The molecule has 30 heavy (non-hydrogen) atoms. The van der Waals surface area contributed by atoms with Crippen LogP contribution in [-0.2, 0) is 10.2 Å². The first kappa shape index (κ1) is 20.3. The normalized spacial score (nSPS) is 17.8. The SMILES string of the molecule is CC(C)(C)c1ccc(OCCNC(=O)c2ccc3c(c2)NC(=O)[C@H]2CCCN32)cc1. The van der Waals surface area contributed by atoms with Gasteiger partial charge in [0.05, 0.1) is 17.9 Å². The lowest BCUT2D eigenvalue weighted by Crippen LogP contribution is -2.44. The number of nitrogens with zero attached hydrogens (tertiary/aromatic N) is 1. The molecule has 4 rings (SSSR count). The molecule has 0 saturated carbocycles. The van der Waals surface area contributed by atoms with Crippen LogP contribution in [0.1, 0.15) is 49.5 Å². The number of hydrogen-bond donors (Lipinski definition) is 2. The predicted octanol–water partition coefficient (Wildman–Crippen LogP) is 3.71. The van der Waals surface area contributed by atoms with Crippen molar-refractivity contribution in [1.29, 1.82) is 0 Å². The number of ether oxygens (including phenoxy) is 1. The van der Waals surface area contributed by atoms with Crippen molar-refractivity contribution < 1.29 is 14.3 Å². The molecule has 0 aliphatic carbocycles. The minimum Gasteiger partial charge on any atom is -0.492 e. The van der Waals surface area contributed by atoms with Crippen LogP contribution in [0, 0.1) is 0 Å². The molecule has 1 fully saturated rings. The summed E-state index contributed by atoms with van der Waals surface area (Å²) >= 11 is 0. The zero-order chi connectivity index (χ0) is 21.3. The number of nitrogens with one attached hydrogen (secondary N) is 2. The van der Waals surface area contributed by atoms with E-state index < -0.39 is 0 Å². The Kier molecular flexibility index (Phi) is 5.41. The Morgan fingerprint density at radius 3 is 2.70 bits per heavy atom. The number of anilines is 2. The molecule has 0 aromatic heterocycles. The predicted molar refractivity (Wildman–Crippen MR) is 118 cm³/mol. The third kappa shape index (κ3) is 4.13. The van der Waals surface area contributed by atoms with Crippen molar-refractivity contribution in [2.75, 3.05) is 29.9 Å². The number of carbonyl (C=O) groups excluding carboxylic acids is 2. The Labute approximate surface area is 177 Å². The topological polar surface area (TPSA) is 70.7 Å². The van der Waals surface area contributed by atoms with E-state index in [0.29, 0.717) is 24.4 Å². The average Bonchev–Trinajstić information content (AvgIpc) is 3.21.